The molecule has 2 fully saturated rings. The molecule has 25 heavy (non-hydrogen) atoms. The quantitative estimate of drug-likeness (QED) is 0.817. The second-order valence-electron chi connectivity index (χ2n) is 6.42. The maximum atomic E-state index is 12.7. The van der Waals surface area contributed by atoms with E-state index in [9.17, 15) is 9.59 Å². The number of carbonyl (C=O) groups excluding carboxylic acids is 2. The van der Waals surface area contributed by atoms with Gasteiger partial charge in [-0.25, -0.2) is 14.8 Å². The Labute approximate surface area is 144 Å². The zero-order chi connectivity index (χ0) is 17.4. The average Bonchev–Trinajstić information content (AvgIpc) is 3.17. The van der Waals surface area contributed by atoms with E-state index in [1.807, 2.05) is 6.07 Å². The first-order valence-corrected chi connectivity index (χ1v) is 8.02. The van der Waals surface area contributed by atoms with E-state index in [1.165, 1.54) is 12.4 Å². The van der Waals surface area contributed by atoms with Crippen LogP contribution >= 0.6 is 0 Å². The molecule has 1 spiro atoms. The number of carbonyl (C=O) groups is 2. The lowest BCUT2D eigenvalue weighted by Gasteiger charge is -2.21. The van der Waals surface area contributed by atoms with Crippen LogP contribution in [0.1, 0.15) is 16.8 Å². The zero-order valence-corrected chi connectivity index (χ0v) is 13.8. The van der Waals surface area contributed by atoms with Gasteiger partial charge in [-0.1, -0.05) is 0 Å². The van der Waals surface area contributed by atoms with Crippen LogP contribution < -0.4 is 0 Å². The molecule has 8 heteroatoms. The highest BCUT2D eigenvalue weighted by molar-refractivity contribution is 5.94. The number of aromatic nitrogens is 3. The van der Waals surface area contributed by atoms with Crippen LogP contribution in [0.2, 0.25) is 0 Å². The lowest BCUT2D eigenvalue weighted by Crippen LogP contribution is -2.39. The van der Waals surface area contributed by atoms with Crippen LogP contribution in [0.15, 0.2) is 36.9 Å². The largest absolute Gasteiger partial charge is 0.439 e. The van der Waals surface area contributed by atoms with Crippen molar-refractivity contribution in [1.29, 1.82) is 0 Å². The summed E-state index contributed by atoms with van der Waals surface area (Å²) >= 11 is 0. The van der Waals surface area contributed by atoms with E-state index in [4.69, 9.17) is 4.74 Å². The molecule has 0 aromatic carbocycles. The average molecular weight is 339 g/mol. The SMILES string of the molecule is CN1C[C@@]2(CCN(C(=O)c3cnc(-c4cccnc4)nc3)C2)OC1=O. The molecule has 0 bridgehead atoms. The van der Waals surface area contributed by atoms with Gasteiger partial charge in [-0.05, 0) is 12.1 Å². The molecule has 0 N–H and O–H groups in total. The number of rotatable bonds is 2. The molecule has 128 valence electrons. The predicted octanol–water partition coefficient (Wildman–Crippen LogP) is 1.21. The molecule has 1 atom stereocenters. The fourth-order valence-corrected chi connectivity index (χ4v) is 3.29. The van der Waals surface area contributed by atoms with Crippen molar-refractivity contribution in [2.75, 3.05) is 26.7 Å². The van der Waals surface area contributed by atoms with Gasteiger partial charge in [0.15, 0.2) is 11.4 Å². The molecule has 2 aromatic heterocycles. The zero-order valence-electron chi connectivity index (χ0n) is 13.8. The Morgan fingerprint density at radius 2 is 2.04 bits per heavy atom. The normalized spacial score (nSPS) is 22.5. The van der Waals surface area contributed by atoms with E-state index in [1.54, 1.807) is 35.3 Å². The Morgan fingerprint density at radius 1 is 1.24 bits per heavy atom. The Balaban J connectivity index is 1.48. The van der Waals surface area contributed by atoms with Crippen molar-refractivity contribution < 1.29 is 14.3 Å². The summed E-state index contributed by atoms with van der Waals surface area (Å²) in [4.78, 5) is 40.1. The number of likely N-dealkylation sites (N-methyl/N-ethyl adjacent to an activating group) is 1. The minimum Gasteiger partial charge on any atom is -0.439 e. The first kappa shape index (κ1) is 15.5. The molecule has 4 heterocycles. The molecular formula is C17H17N5O3. The van der Waals surface area contributed by atoms with Crippen LogP contribution in [0.4, 0.5) is 4.79 Å². The maximum absolute atomic E-state index is 12.7. The Hall–Kier alpha value is -3.03. The van der Waals surface area contributed by atoms with Crippen LogP contribution in [-0.4, -0.2) is 69.0 Å². The van der Waals surface area contributed by atoms with Crippen molar-refractivity contribution in [1.82, 2.24) is 24.8 Å². The highest BCUT2D eigenvalue weighted by atomic mass is 16.6. The molecule has 8 nitrogen and oxygen atoms in total. The molecule has 0 unspecified atom stereocenters. The Bertz CT molecular complexity index is 811. The van der Waals surface area contributed by atoms with Gasteiger partial charge < -0.3 is 14.5 Å². The molecule has 2 aliphatic rings. The topological polar surface area (TPSA) is 88.5 Å². The first-order chi connectivity index (χ1) is 12.1. The van der Waals surface area contributed by atoms with Gasteiger partial charge in [0.25, 0.3) is 5.91 Å². The van der Waals surface area contributed by atoms with Crippen molar-refractivity contribution in [2.24, 2.45) is 0 Å². The second-order valence-corrected chi connectivity index (χ2v) is 6.42. The van der Waals surface area contributed by atoms with E-state index in [0.717, 1.165) is 5.56 Å². The van der Waals surface area contributed by atoms with E-state index >= 15 is 0 Å². The Morgan fingerprint density at radius 3 is 2.68 bits per heavy atom. The third-order valence-electron chi connectivity index (χ3n) is 4.56. The fraction of sp³-hybridized carbons (Fsp3) is 0.353. The molecule has 2 amide bonds. The van der Waals surface area contributed by atoms with Gasteiger partial charge in [-0.2, -0.15) is 0 Å². The van der Waals surface area contributed by atoms with Crippen LogP contribution in [0.25, 0.3) is 11.4 Å². The number of amides is 2. The van der Waals surface area contributed by atoms with Gasteiger partial charge in [0.1, 0.15) is 0 Å². The molecule has 2 aliphatic heterocycles. The summed E-state index contributed by atoms with van der Waals surface area (Å²) in [7, 11) is 1.70. The lowest BCUT2D eigenvalue weighted by atomic mass is 10.0. The predicted molar refractivity (Wildman–Crippen MR) is 87.6 cm³/mol. The summed E-state index contributed by atoms with van der Waals surface area (Å²) in [5.41, 5.74) is 0.628. The van der Waals surface area contributed by atoms with Crippen LogP contribution in [0.3, 0.4) is 0 Å². The minimum atomic E-state index is -0.585. The Kier molecular flexibility index (Phi) is 3.60. The molecule has 2 aromatic rings. The summed E-state index contributed by atoms with van der Waals surface area (Å²) in [6, 6.07) is 3.67. The fourth-order valence-electron chi connectivity index (χ4n) is 3.29. The van der Waals surface area contributed by atoms with Crippen molar-refractivity contribution >= 4 is 12.0 Å². The van der Waals surface area contributed by atoms with E-state index in [2.05, 4.69) is 15.0 Å². The number of hydrogen-bond acceptors (Lipinski definition) is 6. The van der Waals surface area contributed by atoms with Crippen LogP contribution in [0.5, 0.6) is 0 Å². The highest BCUT2D eigenvalue weighted by Gasteiger charge is 2.49. The summed E-state index contributed by atoms with van der Waals surface area (Å²) in [5, 5.41) is 0. The van der Waals surface area contributed by atoms with Gasteiger partial charge >= 0.3 is 6.09 Å². The van der Waals surface area contributed by atoms with E-state index in [-0.39, 0.29) is 12.0 Å². The van der Waals surface area contributed by atoms with E-state index < -0.39 is 5.60 Å². The molecule has 0 radical (unpaired) electrons. The number of pyridine rings is 1. The van der Waals surface area contributed by atoms with Crippen molar-refractivity contribution in [3.05, 3.63) is 42.5 Å². The monoisotopic (exact) mass is 339 g/mol. The molecule has 0 aliphatic carbocycles. The van der Waals surface area contributed by atoms with Gasteiger partial charge in [0.05, 0.1) is 18.7 Å². The third kappa shape index (κ3) is 2.79. The smallest absolute Gasteiger partial charge is 0.410 e. The van der Waals surface area contributed by atoms with Crippen molar-refractivity contribution in [3.8, 4) is 11.4 Å². The van der Waals surface area contributed by atoms with Gasteiger partial charge in [0, 0.05) is 50.4 Å². The summed E-state index contributed by atoms with van der Waals surface area (Å²) in [6.45, 7) is 1.45. The van der Waals surface area contributed by atoms with E-state index in [0.29, 0.717) is 37.4 Å². The number of hydrogen-bond donors (Lipinski definition) is 0. The molecule has 0 saturated carbocycles. The summed E-state index contributed by atoms with van der Waals surface area (Å²) in [6.07, 6.45) is 6.71. The summed E-state index contributed by atoms with van der Waals surface area (Å²) in [5.74, 6) is 0.370. The van der Waals surface area contributed by atoms with Gasteiger partial charge in [-0.3, -0.25) is 9.78 Å². The first-order valence-electron chi connectivity index (χ1n) is 8.02. The van der Waals surface area contributed by atoms with Gasteiger partial charge in [-0.15, -0.1) is 0 Å². The molecule has 2 saturated heterocycles. The number of nitrogens with zero attached hydrogens (tertiary/aromatic N) is 5. The maximum Gasteiger partial charge on any atom is 0.410 e. The number of likely N-dealkylation sites (tertiary alicyclic amines) is 1. The third-order valence-corrected chi connectivity index (χ3v) is 4.56. The highest BCUT2D eigenvalue weighted by Crippen LogP contribution is 2.32. The minimum absolute atomic E-state index is 0.153. The summed E-state index contributed by atoms with van der Waals surface area (Å²) < 4.78 is 5.47. The van der Waals surface area contributed by atoms with Crippen LogP contribution in [0, 0.1) is 0 Å². The molecular weight excluding hydrogens is 322 g/mol. The van der Waals surface area contributed by atoms with Gasteiger partial charge in [0.2, 0.25) is 0 Å². The lowest BCUT2D eigenvalue weighted by molar-refractivity contribution is 0.0552. The molecule has 4 rings (SSSR count). The second kappa shape index (κ2) is 5.80. The van der Waals surface area contributed by atoms with Crippen LogP contribution in [-0.2, 0) is 4.74 Å². The number of ether oxygens (including phenoxy) is 1. The standard InChI is InChI=1S/C17H17N5O3/c1-21-10-17(25-16(21)24)4-6-22(11-17)15(23)13-8-19-14(20-9-13)12-3-2-5-18-7-12/h2-3,5,7-9H,4,6,10-11H2,1H3/t17-/m1/s1. The van der Waals surface area contributed by atoms with Crippen molar-refractivity contribution in [3.63, 3.8) is 0 Å². The van der Waals surface area contributed by atoms with Crippen molar-refractivity contribution in [2.45, 2.75) is 12.0 Å².